The van der Waals surface area contributed by atoms with Crippen LogP contribution in [0.15, 0.2) is 24.3 Å². The number of rotatable bonds is 4. The number of halogens is 1. The van der Waals surface area contributed by atoms with Gasteiger partial charge in [-0.05, 0) is 87.5 Å². The SMILES string of the molecule is CC(Oc1ccc(Cl)cc1)C(=O)N1CCN(C(=O)C23CC4CC(CC(C4)C2)C3)CC1. The third-order valence-electron chi connectivity index (χ3n) is 7.84. The minimum absolute atomic E-state index is 0.0214. The molecule has 5 nitrogen and oxygen atoms in total. The van der Waals surface area contributed by atoms with Crippen molar-refractivity contribution in [3.8, 4) is 5.75 Å². The summed E-state index contributed by atoms with van der Waals surface area (Å²) in [5, 5.41) is 0.640. The van der Waals surface area contributed by atoms with E-state index in [0.29, 0.717) is 42.9 Å². The number of carbonyl (C=O) groups excluding carboxylic acids is 2. The van der Waals surface area contributed by atoms with Crippen LogP contribution in [0.4, 0.5) is 0 Å². The highest BCUT2D eigenvalue weighted by atomic mass is 35.5. The number of hydrogen-bond acceptors (Lipinski definition) is 3. The van der Waals surface area contributed by atoms with E-state index in [1.165, 1.54) is 19.3 Å². The summed E-state index contributed by atoms with van der Waals surface area (Å²) in [6.07, 6.45) is 6.78. The summed E-state index contributed by atoms with van der Waals surface area (Å²) in [7, 11) is 0. The van der Waals surface area contributed by atoms with E-state index in [1.54, 1.807) is 31.2 Å². The van der Waals surface area contributed by atoms with Gasteiger partial charge in [0.1, 0.15) is 5.75 Å². The van der Waals surface area contributed by atoms with E-state index in [4.69, 9.17) is 16.3 Å². The lowest BCUT2D eigenvalue weighted by Gasteiger charge is -2.57. The molecule has 1 heterocycles. The molecule has 1 atom stereocenters. The van der Waals surface area contributed by atoms with Gasteiger partial charge in [0.15, 0.2) is 6.10 Å². The van der Waals surface area contributed by atoms with Crippen LogP contribution in [0.3, 0.4) is 0 Å². The Morgan fingerprint density at radius 1 is 0.933 bits per heavy atom. The van der Waals surface area contributed by atoms with Crippen molar-refractivity contribution < 1.29 is 14.3 Å². The molecule has 6 heteroatoms. The van der Waals surface area contributed by atoms with Gasteiger partial charge in [-0.1, -0.05) is 11.6 Å². The van der Waals surface area contributed by atoms with Gasteiger partial charge in [-0.2, -0.15) is 0 Å². The number of hydrogen-bond donors (Lipinski definition) is 0. The minimum atomic E-state index is -0.559. The largest absolute Gasteiger partial charge is 0.481 e. The van der Waals surface area contributed by atoms with Gasteiger partial charge in [-0.3, -0.25) is 9.59 Å². The van der Waals surface area contributed by atoms with E-state index < -0.39 is 6.10 Å². The first kappa shape index (κ1) is 20.2. The predicted octanol–water partition coefficient (Wildman–Crippen LogP) is 3.99. The van der Waals surface area contributed by atoms with Crippen LogP contribution >= 0.6 is 11.6 Å². The van der Waals surface area contributed by atoms with Crippen LogP contribution in [0.25, 0.3) is 0 Å². The Morgan fingerprint density at radius 2 is 1.43 bits per heavy atom. The maximum Gasteiger partial charge on any atom is 0.263 e. The van der Waals surface area contributed by atoms with E-state index in [-0.39, 0.29) is 11.3 Å². The Hall–Kier alpha value is -1.75. The number of amides is 2. The second-order valence-corrected chi connectivity index (χ2v) is 10.5. The van der Waals surface area contributed by atoms with Crippen LogP contribution in [-0.4, -0.2) is 53.9 Å². The molecule has 0 radical (unpaired) electrons. The molecule has 0 aromatic heterocycles. The van der Waals surface area contributed by atoms with Gasteiger partial charge in [0.25, 0.3) is 5.91 Å². The monoisotopic (exact) mass is 430 g/mol. The van der Waals surface area contributed by atoms with Crippen molar-refractivity contribution in [1.29, 1.82) is 0 Å². The summed E-state index contributed by atoms with van der Waals surface area (Å²) in [6, 6.07) is 7.05. The fraction of sp³-hybridized carbons (Fsp3) is 0.667. The molecule has 1 unspecified atom stereocenters. The van der Waals surface area contributed by atoms with E-state index in [0.717, 1.165) is 37.0 Å². The summed E-state index contributed by atoms with van der Waals surface area (Å²) < 4.78 is 5.79. The van der Waals surface area contributed by atoms with Crippen LogP contribution in [0.2, 0.25) is 5.02 Å². The minimum Gasteiger partial charge on any atom is -0.481 e. The van der Waals surface area contributed by atoms with Gasteiger partial charge in [0.05, 0.1) is 5.41 Å². The Kier molecular flexibility index (Phi) is 5.20. The summed E-state index contributed by atoms with van der Waals surface area (Å²) in [5.74, 6) is 3.30. The van der Waals surface area contributed by atoms with E-state index >= 15 is 0 Å². The van der Waals surface area contributed by atoms with Crippen molar-refractivity contribution in [3.63, 3.8) is 0 Å². The molecule has 4 saturated carbocycles. The highest BCUT2D eigenvalue weighted by molar-refractivity contribution is 6.30. The average molecular weight is 431 g/mol. The molecule has 5 aliphatic rings. The topological polar surface area (TPSA) is 49.9 Å². The van der Waals surface area contributed by atoms with Gasteiger partial charge in [-0.15, -0.1) is 0 Å². The van der Waals surface area contributed by atoms with Crippen LogP contribution in [0.5, 0.6) is 5.75 Å². The highest BCUT2D eigenvalue weighted by Crippen LogP contribution is 2.60. The first-order chi connectivity index (χ1) is 14.4. The lowest BCUT2D eigenvalue weighted by atomic mass is 9.49. The van der Waals surface area contributed by atoms with Gasteiger partial charge < -0.3 is 14.5 Å². The Morgan fingerprint density at radius 3 is 1.97 bits per heavy atom. The Balaban J connectivity index is 1.17. The Labute approximate surface area is 183 Å². The smallest absolute Gasteiger partial charge is 0.263 e. The second kappa shape index (κ2) is 7.74. The number of benzene rings is 1. The molecule has 1 saturated heterocycles. The molecule has 2 amide bonds. The predicted molar refractivity (Wildman–Crippen MR) is 115 cm³/mol. The fourth-order valence-corrected chi connectivity index (χ4v) is 6.99. The number of nitrogens with zero attached hydrogens (tertiary/aromatic N) is 2. The normalized spacial score (nSPS) is 33.5. The maximum atomic E-state index is 13.5. The summed E-state index contributed by atoms with van der Waals surface area (Å²) in [4.78, 5) is 30.2. The zero-order valence-corrected chi connectivity index (χ0v) is 18.4. The first-order valence-electron chi connectivity index (χ1n) is 11.4. The number of piperazine rings is 1. The van der Waals surface area contributed by atoms with Gasteiger partial charge in [0, 0.05) is 31.2 Å². The maximum absolute atomic E-state index is 13.5. The fourth-order valence-electron chi connectivity index (χ4n) is 6.86. The van der Waals surface area contributed by atoms with Crippen molar-refractivity contribution >= 4 is 23.4 Å². The van der Waals surface area contributed by atoms with Crippen molar-refractivity contribution in [3.05, 3.63) is 29.3 Å². The zero-order chi connectivity index (χ0) is 20.9. The average Bonchev–Trinajstić information content (AvgIpc) is 2.73. The van der Waals surface area contributed by atoms with Crippen molar-refractivity contribution in [2.24, 2.45) is 23.2 Å². The van der Waals surface area contributed by atoms with Crippen LogP contribution < -0.4 is 4.74 Å². The molecule has 4 aliphatic carbocycles. The van der Waals surface area contributed by atoms with Crippen LogP contribution in [-0.2, 0) is 9.59 Å². The molecule has 1 aromatic carbocycles. The molecular weight excluding hydrogens is 400 g/mol. The lowest BCUT2D eigenvalue weighted by molar-refractivity contribution is -0.161. The van der Waals surface area contributed by atoms with Gasteiger partial charge in [-0.25, -0.2) is 0 Å². The van der Waals surface area contributed by atoms with E-state index in [1.807, 2.05) is 9.80 Å². The molecule has 4 bridgehead atoms. The van der Waals surface area contributed by atoms with Gasteiger partial charge >= 0.3 is 0 Å². The molecule has 6 rings (SSSR count). The Bertz CT molecular complexity index is 781. The first-order valence-corrected chi connectivity index (χ1v) is 11.8. The molecule has 162 valence electrons. The zero-order valence-electron chi connectivity index (χ0n) is 17.7. The molecule has 0 N–H and O–H groups in total. The molecule has 0 spiro atoms. The molecule has 30 heavy (non-hydrogen) atoms. The number of ether oxygens (including phenoxy) is 1. The summed E-state index contributed by atoms with van der Waals surface area (Å²) in [6.45, 7) is 4.24. The van der Waals surface area contributed by atoms with Crippen molar-refractivity contribution in [1.82, 2.24) is 9.80 Å². The van der Waals surface area contributed by atoms with E-state index in [2.05, 4.69) is 0 Å². The van der Waals surface area contributed by atoms with Crippen LogP contribution in [0.1, 0.15) is 45.4 Å². The van der Waals surface area contributed by atoms with Crippen LogP contribution in [0, 0.1) is 23.2 Å². The lowest BCUT2D eigenvalue weighted by Crippen LogP contribution is -2.59. The van der Waals surface area contributed by atoms with E-state index in [9.17, 15) is 9.59 Å². The molecule has 5 fully saturated rings. The van der Waals surface area contributed by atoms with Gasteiger partial charge in [0.2, 0.25) is 5.91 Å². The summed E-state index contributed by atoms with van der Waals surface area (Å²) in [5.41, 5.74) is -0.0914. The van der Waals surface area contributed by atoms with Crippen molar-refractivity contribution in [2.75, 3.05) is 26.2 Å². The summed E-state index contributed by atoms with van der Waals surface area (Å²) >= 11 is 5.91. The second-order valence-electron chi connectivity index (χ2n) is 10.0. The van der Waals surface area contributed by atoms with Crippen molar-refractivity contribution in [2.45, 2.75) is 51.6 Å². The highest BCUT2D eigenvalue weighted by Gasteiger charge is 2.55. The third-order valence-corrected chi connectivity index (χ3v) is 8.10. The molecule has 1 aromatic rings. The standard InChI is InChI=1S/C24H31ClN2O3/c1-16(30-21-4-2-20(25)3-5-21)22(28)26-6-8-27(9-7-26)23(29)24-13-17-10-18(14-24)12-19(11-17)15-24/h2-5,16-19H,6-15H2,1H3. The molecular formula is C24H31ClN2O3. The molecule has 1 aliphatic heterocycles. The third kappa shape index (κ3) is 3.70. The quantitative estimate of drug-likeness (QED) is 0.725. The number of carbonyl (C=O) groups is 2.